The summed E-state index contributed by atoms with van der Waals surface area (Å²) in [6.45, 7) is 9.00. The van der Waals surface area contributed by atoms with E-state index < -0.39 is 0 Å². The third-order valence-corrected chi connectivity index (χ3v) is 4.96. The minimum absolute atomic E-state index is 0.342. The predicted molar refractivity (Wildman–Crippen MR) is 99.7 cm³/mol. The van der Waals surface area contributed by atoms with Gasteiger partial charge in [-0.2, -0.15) is 0 Å². The summed E-state index contributed by atoms with van der Waals surface area (Å²) in [5.41, 5.74) is 2.51. The molecule has 0 amide bonds. The molecule has 0 aliphatic carbocycles. The highest BCUT2D eigenvalue weighted by atomic mass is 16.7. The van der Waals surface area contributed by atoms with E-state index in [1.54, 1.807) is 0 Å². The SMILES string of the molecule is CNCC(=Cc1cccc2ncccc12)B1OC(C)(C)C(C)(C)O1. The summed E-state index contributed by atoms with van der Waals surface area (Å²) in [5, 5.41) is 4.35. The van der Waals surface area contributed by atoms with Crippen LogP contribution in [0.2, 0.25) is 0 Å². The van der Waals surface area contributed by atoms with Crippen LogP contribution in [0.1, 0.15) is 33.3 Å². The van der Waals surface area contributed by atoms with Crippen molar-refractivity contribution in [3.05, 3.63) is 47.6 Å². The maximum absolute atomic E-state index is 6.22. The molecular weight excluding hydrogens is 299 g/mol. The molecule has 126 valence electrons. The molecule has 0 radical (unpaired) electrons. The highest BCUT2D eigenvalue weighted by Gasteiger charge is 2.52. The Bertz CT molecular complexity index is 750. The first-order valence-electron chi connectivity index (χ1n) is 8.38. The topological polar surface area (TPSA) is 43.4 Å². The molecule has 1 aromatic heterocycles. The number of fused-ring (bicyclic) bond motifs is 1. The van der Waals surface area contributed by atoms with Gasteiger partial charge in [0.2, 0.25) is 0 Å². The lowest BCUT2D eigenvalue weighted by Gasteiger charge is -2.32. The molecule has 1 N–H and O–H groups in total. The fourth-order valence-corrected chi connectivity index (χ4v) is 2.85. The maximum Gasteiger partial charge on any atom is 0.491 e. The minimum atomic E-state index is -0.352. The van der Waals surface area contributed by atoms with E-state index in [4.69, 9.17) is 9.31 Å². The van der Waals surface area contributed by atoms with Gasteiger partial charge in [-0.3, -0.25) is 4.98 Å². The second-order valence-corrected chi connectivity index (χ2v) is 7.26. The molecule has 0 spiro atoms. The van der Waals surface area contributed by atoms with Crippen molar-refractivity contribution in [2.45, 2.75) is 38.9 Å². The average molecular weight is 324 g/mol. The summed E-state index contributed by atoms with van der Waals surface area (Å²) in [6, 6.07) is 10.2. The van der Waals surface area contributed by atoms with Gasteiger partial charge in [-0.05, 0) is 57.9 Å². The molecule has 0 bridgehead atoms. The van der Waals surface area contributed by atoms with E-state index in [9.17, 15) is 0 Å². The van der Waals surface area contributed by atoms with Gasteiger partial charge in [0.1, 0.15) is 0 Å². The Morgan fingerprint density at radius 1 is 1.12 bits per heavy atom. The third kappa shape index (κ3) is 3.12. The summed E-state index contributed by atoms with van der Waals surface area (Å²) in [7, 11) is 1.58. The van der Waals surface area contributed by atoms with E-state index >= 15 is 0 Å². The van der Waals surface area contributed by atoms with Crippen molar-refractivity contribution >= 4 is 24.1 Å². The first-order chi connectivity index (χ1) is 11.3. The van der Waals surface area contributed by atoms with Gasteiger partial charge in [-0.25, -0.2) is 0 Å². The Morgan fingerprint density at radius 3 is 2.50 bits per heavy atom. The zero-order valence-corrected chi connectivity index (χ0v) is 15.1. The maximum atomic E-state index is 6.22. The van der Waals surface area contributed by atoms with Gasteiger partial charge in [-0.15, -0.1) is 0 Å². The molecule has 3 rings (SSSR count). The smallest absolute Gasteiger partial charge is 0.400 e. The number of hydrogen-bond acceptors (Lipinski definition) is 4. The number of aromatic nitrogens is 1. The molecule has 2 heterocycles. The molecule has 1 aliphatic heterocycles. The van der Waals surface area contributed by atoms with E-state index in [1.807, 2.05) is 31.4 Å². The molecule has 0 saturated carbocycles. The van der Waals surface area contributed by atoms with Crippen molar-refractivity contribution in [2.75, 3.05) is 13.6 Å². The normalized spacial score (nSPS) is 19.9. The average Bonchev–Trinajstić information content (AvgIpc) is 2.75. The van der Waals surface area contributed by atoms with Crippen LogP contribution in [0.5, 0.6) is 0 Å². The molecule has 2 aromatic rings. The standard InChI is InChI=1S/C19H25BN2O2/c1-18(2)19(3,4)24-20(23-18)15(13-21-5)12-14-8-6-10-17-16(14)9-7-11-22-17/h6-12,21H,13H2,1-5H3. The predicted octanol–water partition coefficient (Wildman–Crippen LogP) is 3.47. The Labute approximate surface area is 144 Å². The van der Waals surface area contributed by atoms with Crippen molar-refractivity contribution in [1.82, 2.24) is 10.3 Å². The lowest BCUT2D eigenvalue weighted by atomic mass is 9.76. The molecule has 4 nitrogen and oxygen atoms in total. The lowest BCUT2D eigenvalue weighted by molar-refractivity contribution is 0.00578. The first-order valence-corrected chi connectivity index (χ1v) is 8.38. The van der Waals surface area contributed by atoms with Crippen molar-refractivity contribution in [2.24, 2.45) is 0 Å². The highest BCUT2D eigenvalue weighted by Crippen LogP contribution is 2.38. The summed E-state index contributed by atoms with van der Waals surface area (Å²) in [6.07, 6.45) is 3.97. The molecule has 24 heavy (non-hydrogen) atoms. The largest absolute Gasteiger partial charge is 0.491 e. The summed E-state index contributed by atoms with van der Waals surface area (Å²) < 4.78 is 12.4. The second-order valence-electron chi connectivity index (χ2n) is 7.26. The van der Waals surface area contributed by atoms with Crippen LogP contribution in [0, 0.1) is 0 Å². The van der Waals surface area contributed by atoms with E-state index in [-0.39, 0.29) is 18.3 Å². The van der Waals surface area contributed by atoms with Crippen LogP contribution in [-0.2, 0) is 9.31 Å². The monoisotopic (exact) mass is 324 g/mol. The van der Waals surface area contributed by atoms with Crippen LogP contribution in [0.15, 0.2) is 42.0 Å². The van der Waals surface area contributed by atoms with Crippen LogP contribution in [0.3, 0.4) is 0 Å². The molecule has 1 aromatic carbocycles. The molecule has 1 fully saturated rings. The molecule has 0 unspecified atom stereocenters. The number of rotatable bonds is 4. The van der Waals surface area contributed by atoms with Gasteiger partial charge in [-0.1, -0.05) is 24.3 Å². The van der Waals surface area contributed by atoms with Gasteiger partial charge >= 0.3 is 7.12 Å². The van der Waals surface area contributed by atoms with Gasteiger partial charge in [0.15, 0.2) is 0 Å². The second kappa shape index (κ2) is 6.32. The van der Waals surface area contributed by atoms with Crippen LogP contribution in [0.25, 0.3) is 17.0 Å². The number of benzene rings is 1. The Hall–Kier alpha value is -1.69. The molecule has 1 saturated heterocycles. The van der Waals surface area contributed by atoms with E-state index in [1.165, 1.54) is 0 Å². The summed E-state index contributed by atoms with van der Waals surface area (Å²) in [4.78, 5) is 4.43. The van der Waals surface area contributed by atoms with Crippen LogP contribution >= 0.6 is 0 Å². The number of nitrogens with one attached hydrogen (secondary N) is 1. The summed E-state index contributed by atoms with van der Waals surface area (Å²) >= 11 is 0. The van der Waals surface area contributed by atoms with Crippen LogP contribution in [0.4, 0.5) is 0 Å². The fraction of sp³-hybridized carbons (Fsp3) is 0.421. The van der Waals surface area contributed by atoms with Crippen molar-refractivity contribution in [1.29, 1.82) is 0 Å². The van der Waals surface area contributed by atoms with E-state index in [0.717, 1.165) is 21.9 Å². The zero-order valence-electron chi connectivity index (χ0n) is 15.1. The number of likely N-dealkylation sites (N-methyl/N-ethyl adjacent to an activating group) is 1. The zero-order chi connectivity index (χ0) is 17.4. The fourth-order valence-electron chi connectivity index (χ4n) is 2.85. The van der Waals surface area contributed by atoms with Crippen molar-refractivity contribution in [3.63, 3.8) is 0 Å². The highest BCUT2D eigenvalue weighted by molar-refractivity contribution is 6.56. The Kier molecular flexibility index (Phi) is 4.51. The minimum Gasteiger partial charge on any atom is -0.400 e. The van der Waals surface area contributed by atoms with Gasteiger partial charge in [0.05, 0.1) is 16.7 Å². The quantitative estimate of drug-likeness (QED) is 0.875. The number of pyridine rings is 1. The molecule has 5 heteroatoms. The van der Waals surface area contributed by atoms with E-state index in [2.05, 4.69) is 56.2 Å². The van der Waals surface area contributed by atoms with Gasteiger partial charge in [0.25, 0.3) is 0 Å². The summed E-state index contributed by atoms with van der Waals surface area (Å²) in [5.74, 6) is 0. The number of nitrogens with zero attached hydrogens (tertiary/aromatic N) is 1. The van der Waals surface area contributed by atoms with Crippen LogP contribution < -0.4 is 5.32 Å². The molecule has 1 aliphatic rings. The van der Waals surface area contributed by atoms with E-state index in [0.29, 0.717) is 6.54 Å². The first kappa shape index (κ1) is 17.1. The molecular formula is C19H25BN2O2. The molecule has 0 atom stereocenters. The van der Waals surface area contributed by atoms with Crippen molar-refractivity contribution in [3.8, 4) is 0 Å². The Balaban J connectivity index is 2.01. The number of hydrogen-bond donors (Lipinski definition) is 1. The Morgan fingerprint density at radius 2 is 1.83 bits per heavy atom. The van der Waals surface area contributed by atoms with Crippen LogP contribution in [-0.4, -0.2) is 36.9 Å². The van der Waals surface area contributed by atoms with Gasteiger partial charge in [0, 0.05) is 18.1 Å². The lowest BCUT2D eigenvalue weighted by Crippen LogP contribution is -2.41. The van der Waals surface area contributed by atoms with Gasteiger partial charge < -0.3 is 14.6 Å². The third-order valence-electron chi connectivity index (χ3n) is 4.96. The van der Waals surface area contributed by atoms with Crippen molar-refractivity contribution < 1.29 is 9.31 Å².